The molecule has 0 saturated carbocycles. The van der Waals surface area contributed by atoms with E-state index in [2.05, 4.69) is 13.8 Å². The van der Waals surface area contributed by atoms with E-state index in [0.717, 1.165) is 25.7 Å². The Kier molecular flexibility index (Phi) is 19.0. The molecule has 0 bridgehead atoms. The van der Waals surface area contributed by atoms with Gasteiger partial charge in [-0.25, -0.2) is 0 Å². The third-order valence-corrected chi connectivity index (χ3v) is 3.66. The van der Waals surface area contributed by atoms with E-state index in [9.17, 15) is 9.59 Å². The zero-order chi connectivity index (χ0) is 17.2. The van der Waals surface area contributed by atoms with Crippen molar-refractivity contribution in [2.24, 2.45) is 5.92 Å². The maximum absolute atomic E-state index is 10.4. The Balaban J connectivity index is 0. The van der Waals surface area contributed by atoms with Gasteiger partial charge < -0.3 is 10.2 Å². The highest BCUT2D eigenvalue weighted by atomic mass is 16.4. The standard InChI is InChI=1S/2C9H18O2/c1-3-4-5-6-7-8(2)9(10)11;1-2-3-4-5-6-7-8-9(10)11/h8H,3-7H2,1-2H3,(H,10,11);2-8H2,1H3,(H,10,11). The number of carboxylic acid groups (broad SMARTS) is 2. The summed E-state index contributed by atoms with van der Waals surface area (Å²) in [5, 5.41) is 16.9. The van der Waals surface area contributed by atoms with Gasteiger partial charge in [0.1, 0.15) is 0 Å². The van der Waals surface area contributed by atoms with Gasteiger partial charge in [0.2, 0.25) is 0 Å². The normalized spacial score (nSPS) is 11.4. The highest BCUT2D eigenvalue weighted by Gasteiger charge is 2.08. The molecule has 1 atom stereocenters. The van der Waals surface area contributed by atoms with Crippen LogP contribution in [0.4, 0.5) is 0 Å². The third kappa shape index (κ3) is 21.2. The molecule has 0 aliphatic rings. The fourth-order valence-electron chi connectivity index (χ4n) is 2.06. The van der Waals surface area contributed by atoms with Crippen molar-refractivity contribution in [3.8, 4) is 0 Å². The monoisotopic (exact) mass is 316 g/mol. The molecule has 0 aliphatic carbocycles. The van der Waals surface area contributed by atoms with E-state index < -0.39 is 11.9 Å². The van der Waals surface area contributed by atoms with Crippen molar-refractivity contribution in [3.63, 3.8) is 0 Å². The van der Waals surface area contributed by atoms with E-state index in [1.165, 1.54) is 44.9 Å². The molecule has 0 spiro atoms. The molecule has 0 rings (SSSR count). The predicted octanol–water partition coefficient (Wildman–Crippen LogP) is 5.50. The number of unbranched alkanes of at least 4 members (excludes halogenated alkanes) is 8. The maximum Gasteiger partial charge on any atom is 0.306 e. The van der Waals surface area contributed by atoms with Crippen LogP contribution in [0, 0.1) is 5.92 Å². The van der Waals surface area contributed by atoms with Gasteiger partial charge in [-0.1, -0.05) is 78.6 Å². The molecule has 4 nitrogen and oxygen atoms in total. The van der Waals surface area contributed by atoms with Gasteiger partial charge in [0.15, 0.2) is 0 Å². The molecule has 2 N–H and O–H groups in total. The Morgan fingerprint density at radius 3 is 1.68 bits per heavy atom. The summed E-state index contributed by atoms with van der Waals surface area (Å²) in [6, 6.07) is 0. The van der Waals surface area contributed by atoms with Gasteiger partial charge in [-0.3, -0.25) is 9.59 Å². The number of aliphatic carboxylic acids is 2. The average Bonchev–Trinajstić information content (AvgIpc) is 2.47. The van der Waals surface area contributed by atoms with Gasteiger partial charge in [-0.05, 0) is 12.8 Å². The number of rotatable bonds is 13. The Bertz CT molecular complexity index is 264. The summed E-state index contributed by atoms with van der Waals surface area (Å²) in [6.07, 6.45) is 12.7. The van der Waals surface area contributed by atoms with Crippen molar-refractivity contribution in [2.75, 3.05) is 0 Å². The first kappa shape index (κ1) is 23.2. The van der Waals surface area contributed by atoms with Crippen LogP contribution < -0.4 is 0 Å². The lowest BCUT2D eigenvalue weighted by Crippen LogP contribution is -2.08. The molecular formula is C18H36O4. The van der Waals surface area contributed by atoms with Gasteiger partial charge in [-0.15, -0.1) is 0 Å². The summed E-state index contributed by atoms with van der Waals surface area (Å²) < 4.78 is 0. The number of hydrogen-bond acceptors (Lipinski definition) is 2. The lowest BCUT2D eigenvalue weighted by molar-refractivity contribution is -0.141. The average molecular weight is 316 g/mol. The van der Waals surface area contributed by atoms with E-state index >= 15 is 0 Å². The summed E-state index contributed by atoms with van der Waals surface area (Å²) >= 11 is 0. The van der Waals surface area contributed by atoms with Crippen LogP contribution in [0.2, 0.25) is 0 Å². The van der Waals surface area contributed by atoms with Crippen LogP contribution in [0.3, 0.4) is 0 Å². The molecule has 0 aliphatic heterocycles. The molecule has 4 heteroatoms. The summed E-state index contributed by atoms with van der Waals surface area (Å²) in [5.74, 6) is -1.49. The first-order valence-corrected chi connectivity index (χ1v) is 8.90. The Labute approximate surface area is 136 Å². The SMILES string of the molecule is CCCCCCC(C)C(=O)O.CCCCCCCCC(=O)O. The molecule has 0 fully saturated rings. The van der Waals surface area contributed by atoms with Gasteiger partial charge in [0, 0.05) is 6.42 Å². The maximum atomic E-state index is 10.4. The summed E-state index contributed by atoms with van der Waals surface area (Å²) in [4.78, 5) is 20.5. The van der Waals surface area contributed by atoms with Gasteiger partial charge in [0.05, 0.1) is 5.92 Å². The van der Waals surface area contributed by atoms with Crippen LogP contribution in [-0.4, -0.2) is 22.2 Å². The minimum Gasteiger partial charge on any atom is -0.481 e. The Morgan fingerprint density at radius 2 is 1.23 bits per heavy atom. The second kappa shape index (κ2) is 18.0. The number of carbonyl (C=O) groups is 2. The molecule has 0 saturated heterocycles. The molecule has 22 heavy (non-hydrogen) atoms. The summed E-state index contributed by atoms with van der Waals surface area (Å²) in [7, 11) is 0. The molecule has 0 heterocycles. The van der Waals surface area contributed by atoms with Gasteiger partial charge in [0.25, 0.3) is 0 Å². The molecule has 0 radical (unpaired) electrons. The molecule has 132 valence electrons. The Hall–Kier alpha value is -1.06. The van der Waals surface area contributed by atoms with Gasteiger partial charge >= 0.3 is 11.9 Å². The van der Waals surface area contributed by atoms with Crippen LogP contribution >= 0.6 is 0 Å². The minimum atomic E-state index is -0.666. The predicted molar refractivity (Wildman–Crippen MR) is 91.2 cm³/mol. The minimum absolute atomic E-state index is 0.160. The van der Waals surface area contributed by atoms with E-state index in [0.29, 0.717) is 6.42 Å². The number of carboxylic acids is 2. The lowest BCUT2D eigenvalue weighted by atomic mass is 10.0. The molecule has 0 aromatic carbocycles. The van der Waals surface area contributed by atoms with Crippen LogP contribution in [0.1, 0.15) is 97.8 Å². The zero-order valence-corrected chi connectivity index (χ0v) is 14.8. The van der Waals surface area contributed by atoms with E-state index in [-0.39, 0.29) is 5.92 Å². The lowest BCUT2D eigenvalue weighted by Gasteiger charge is -2.04. The van der Waals surface area contributed by atoms with E-state index in [4.69, 9.17) is 10.2 Å². The van der Waals surface area contributed by atoms with Crippen molar-refractivity contribution in [1.29, 1.82) is 0 Å². The highest BCUT2D eigenvalue weighted by Crippen LogP contribution is 2.10. The molecular weight excluding hydrogens is 280 g/mol. The van der Waals surface area contributed by atoms with Crippen LogP contribution in [0.25, 0.3) is 0 Å². The van der Waals surface area contributed by atoms with Crippen molar-refractivity contribution >= 4 is 11.9 Å². The van der Waals surface area contributed by atoms with E-state index in [1.54, 1.807) is 6.92 Å². The van der Waals surface area contributed by atoms with E-state index in [1.807, 2.05) is 0 Å². The molecule has 1 unspecified atom stereocenters. The van der Waals surface area contributed by atoms with Crippen molar-refractivity contribution < 1.29 is 19.8 Å². The second-order valence-corrected chi connectivity index (χ2v) is 6.00. The van der Waals surface area contributed by atoms with Crippen LogP contribution in [0.15, 0.2) is 0 Å². The zero-order valence-electron chi connectivity index (χ0n) is 14.8. The largest absolute Gasteiger partial charge is 0.481 e. The molecule has 0 aromatic heterocycles. The fourth-order valence-corrected chi connectivity index (χ4v) is 2.06. The van der Waals surface area contributed by atoms with Crippen molar-refractivity contribution in [2.45, 2.75) is 97.8 Å². The summed E-state index contributed by atoms with van der Waals surface area (Å²) in [6.45, 7) is 6.10. The van der Waals surface area contributed by atoms with Crippen LogP contribution in [-0.2, 0) is 9.59 Å². The molecule has 0 amide bonds. The van der Waals surface area contributed by atoms with Crippen LogP contribution in [0.5, 0.6) is 0 Å². The molecule has 0 aromatic rings. The fraction of sp³-hybridized carbons (Fsp3) is 0.889. The summed E-state index contributed by atoms with van der Waals surface area (Å²) in [5.41, 5.74) is 0. The first-order valence-electron chi connectivity index (χ1n) is 8.90. The smallest absolute Gasteiger partial charge is 0.306 e. The third-order valence-electron chi connectivity index (χ3n) is 3.66. The van der Waals surface area contributed by atoms with Crippen molar-refractivity contribution in [3.05, 3.63) is 0 Å². The first-order chi connectivity index (χ1) is 10.5. The van der Waals surface area contributed by atoms with Crippen molar-refractivity contribution in [1.82, 2.24) is 0 Å². The highest BCUT2D eigenvalue weighted by molar-refractivity contribution is 5.69. The Morgan fingerprint density at radius 1 is 0.773 bits per heavy atom. The van der Waals surface area contributed by atoms with Gasteiger partial charge in [-0.2, -0.15) is 0 Å². The quantitative estimate of drug-likeness (QED) is 0.440. The topological polar surface area (TPSA) is 74.6 Å². The second-order valence-electron chi connectivity index (χ2n) is 6.00. The number of hydrogen-bond donors (Lipinski definition) is 2.